The first-order valence-corrected chi connectivity index (χ1v) is 6.06. The van der Waals surface area contributed by atoms with E-state index >= 15 is 0 Å². The second-order valence-electron chi connectivity index (χ2n) is 3.97. The van der Waals surface area contributed by atoms with E-state index < -0.39 is 0 Å². The molecule has 1 aromatic rings. The molecule has 0 aromatic carbocycles. The molecule has 2 heterocycles. The third-order valence-corrected chi connectivity index (χ3v) is 2.90. The van der Waals surface area contributed by atoms with Gasteiger partial charge in [-0.25, -0.2) is 9.97 Å². The average molecular weight is 242 g/mol. The van der Waals surface area contributed by atoms with Gasteiger partial charge in [-0.1, -0.05) is 18.0 Å². The Kier molecular flexibility index (Phi) is 4.36. The lowest BCUT2D eigenvalue weighted by atomic mass is 10.0. The van der Waals surface area contributed by atoms with Gasteiger partial charge in [0, 0.05) is 6.04 Å². The molecule has 4 nitrogen and oxygen atoms in total. The van der Waals surface area contributed by atoms with Gasteiger partial charge in [0.05, 0.1) is 24.0 Å². The van der Waals surface area contributed by atoms with E-state index in [1.54, 1.807) is 12.4 Å². The minimum absolute atomic E-state index is 0.403. The molecule has 1 fully saturated rings. The summed E-state index contributed by atoms with van der Waals surface area (Å²) in [6, 6.07) is 0.987. The molecule has 1 aromatic heterocycles. The Balaban J connectivity index is 1.69. The van der Waals surface area contributed by atoms with Crippen LogP contribution in [0.25, 0.3) is 0 Å². The third kappa shape index (κ3) is 3.61. The van der Waals surface area contributed by atoms with Crippen LogP contribution in [0.3, 0.4) is 0 Å². The Labute approximate surface area is 100 Å². The number of nitrogens with zero attached hydrogens (tertiary/aromatic N) is 2. The molecule has 0 saturated carbocycles. The van der Waals surface area contributed by atoms with E-state index in [4.69, 9.17) is 16.3 Å². The van der Waals surface area contributed by atoms with Gasteiger partial charge in [-0.05, 0) is 25.8 Å². The number of piperidine rings is 1. The van der Waals surface area contributed by atoms with Crippen molar-refractivity contribution in [2.45, 2.75) is 31.7 Å². The Bertz CT molecular complexity index is 312. The van der Waals surface area contributed by atoms with Crippen LogP contribution < -0.4 is 10.1 Å². The number of nitrogens with one attached hydrogen (secondary N) is 1. The van der Waals surface area contributed by atoms with Crippen molar-refractivity contribution in [1.82, 2.24) is 15.3 Å². The maximum Gasteiger partial charge on any atom is 0.316 e. The zero-order chi connectivity index (χ0) is 11.2. The van der Waals surface area contributed by atoms with Gasteiger partial charge in [-0.3, -0.25) is 0 Å². The summed E-state index contributed by atoms with van der Waals surface area (Å²) in [4.78, 5) is 7.95. The highest BCUT2D eigenvalue weighted by Gasteiger charge is 2.12. The Morgan fingerprint density at radius 2 is 2.19 bits per heavy atom. The molecule has 88 valence electrons. The monoisotopic (exact) mass is 241 g/mol. The molecule has 0 aliphatic carbocycles. The van der Waals surface area contributed by atoms with Gasteiger partial charge in [0.2, 0.25) is 0 Å². The lowest BCUT2D eigenvalue weighted by Crippen LogP contribution is -2.35. The van der Waals surface area contributed by atoms with Crippen molar-refractivity contribution >= 4 is 11.6 Å². The van der Waals surface area contributed by atoms with E-state index in [0.717, 1.165) is 13.0 Å². The van der Waals surface area contributed by atoms with Crippen LogP contribution in [-0.4, -0.2) is 29.2 Å². The highest BCUT2D eigenvalue weighted by atomic mass is 35.5. The van der Waals surface area contributed by atoms with Crippen LogP contribution in [0.5, 0.6) is 6.01 Å². The average Bonchev–Trinajstić information content (AvgIpc) is 2.33. The molecular formula is C11H16ClN3O. The van der Waals surface area contributed by atoms with Gasteiger partial charge in [-0.2, -0.15) is 0 Å². The normalized spacial score (nSPS) is 20.7. The van der Waals surface area contributed by atoms with Crippen LogP contribution in [0.15, 0.2) is 12.4 Å². The lowest BCUT2D eigenvalue weighted by molar-refractivity contribution is 0.252. The molecule has 5 heteroatoms. The first kappa shape index (κ1) is 11.6. The van der Waals surface area contributed by atoms with Crippen molar-refractivity contribution in [2.24, 2.45) is 0 Å². The van der Waals surface area contributed by atoms with E-state index in [-0.39, 0.29) is 0 Å². The van der Waals surface area contributed by atoms with Gasteiger partial charge >= 0.3 is 6.01 Å². The Hall–Kier alpha value is -0.870. The van der Waals surface area contributed by atoms with E-state index in [1.807, 2.05) is 0 Å². The smallest absolute Gasteiger partial charge is 0.316 e. The fourth-order valence-corrected chi connectivity index (χ4v) is 1.94. The molecule has 1 aliphatic rings. The maximum atomic E-state index is 5.68. The predicted molar refractivity (Wildman–Crippen MR) is 62.8 cm³/mol. The molecule has 1 N–H and O–H groups in total. The number of ether oxygens (including phenoxy) is 1. The molecule has 0 bridgehead atoms. The summed E-state index contributed by atoms with van der Waals surface area (Å²) >= 11 is 5.68. The predicted octanol–water partition coefficient (Wildman–Crippen LogP) is 2.04. The zero-order valence-electron chi connectivity index (χ0n) is 9.16. The number of aromatic nitrogens is 2. The number of halogens is 1. The number of rotatable bonds is 4. The van der Waals surface area contributed by atoms with E-state index in [9.17, 15) is 0 Å². The van der Waals surface area contributed by atoms with Crippen molar-refractivity contribution in [3.63, 3.8) is 0 Å². The summed E-state index contributed by atoms with van der Waals surface area (Å²) in [5, 5.41) is 4.00. The largest absolute Gasteiger partial charge is 0.463 e. The molecule has 0 radical (unpaired) electrons. The van der Waals surface area contributed by atoms with Crippen molar-refractivity contribution < 1.29 is 4.74 Å². The summed E-state index contributed by atoms with van der Waals surface area (Å²) in [7, 11) is 0. The molecule has 2 rings (SSSR count). The van der Waals surface area contributed by atoms with Gasteiger partial charge in [0.15, 0.2) is 0 Å². The molecule has 1 atom stereocenters. The Morgan fingerprint density at radius 1 is 1.38 bits per heavy atom. The van der Waals surface area contributed by atoms with Crippen molar-refractivity contribution in [3.05, 3.63) is 17.4 Å². The first-order chi connectivity index (χ1) is 7.84. The van der Waals surface area contributed by atoms with E-state index in [0.29, 0.717) is 23.7 Å². The second kappa shape index (κ2) is 6.01. The summed E-state index contributed by atoms with van der Waals surface area (Å²) in [5.41, 5.74) is 0. The minimum atomic E-state index is 0.403. The van der Waals surface area contributed by atoms with Crippen LogP contribution in [-0.2, 0) is 0 Å². The van der Waals surface area contributed by atoms with Crippen LogP contribution >= 0.6 is 11.6 Å². The minimum Gasteiger partial charge on any atom is -0.463 e. The fraction of sp³-hybridized carbons (Fsp3) is 0.636. The molecule has 0 unspecified atom stereocenters. The number of hydrogen-bond donors (Lipinski definition) is 1. The molecule has 16 heavy (non-hydrogen) atoms. The summed E-state index contributed by atoms with van der Waals surface area (Å²) < 4.78 is 5.44. The highest BCUT2D eigenvalue weighted by Crippen LogP contribution is 2.11. The maximum absolute atomic E-state index is 5.68. The van der Waals surface area contributed by atoms with Crippen molar-refractivity contribution in [1.29, 1.82) is 0 Å². The van der Waals surface area contributed by atoms with Gasteiger partial charge in [-0.15, -0.1) is 0 Å². The Morgan fingerprint density at radius 3 is 2.88 bits per heavy atom. The highest BCUT2D eigenvalue weighted by molar-refractivity contribution is 6.30. The van der Waals surface area contributed by atoms with Crippen LogP contribution in [0, 0.1) is 0 Å². The summed E-state index contributed by atoms with van der Waals surface area (Å²) in [5.74, 6) is 0. The van der Waals surface area contributed by atoms with Gasteiger partial charge in [0.1, 0.15) is 0 Å². The fourth-order valence-electron chi connectivity index (χ4n) is 1.84. The van der Waals surface area contributed by atoms with Gasteiger partial charge in [0.25, 0.3) is 0 Å². The van der Waals surface area contributed by atoms with Gasteiger partial charge < -0.3 is 10.1 Å². The second-order valence-corrected chi connectivity index (χ2v) is 4.40. The van der Waals surface area contributed by atoms with Crippen LogP contribution in [0.2, 0.25) is 5.02 Å². The molecule has 1 saturated heterocycles. The van der Waals surface area contributed by atoms with E-state index in [2.05, 4.69) is 15.3 Å². The molecule has 0 amide bonds. The topological polar surface area (TPSA) is 47.0 Å². The lowest BCUT2D eigenvalue weighted by Gasteiger charge is -2.22. The first-order valence-electron chi connectivity index (χ1n) is 5.68. The summed E-state index contributed by atoms with van der Waals surface area (Å²) in [6.07, 6.45) is 7.94. The quantitative estimate of drug-likeness (QED) is 0.877. The molecule has 1 aliphatic heterocycles. The SMILES string of the molecule is Clc1cnc(OCC[C@@H]2CCCCN2)nc1. The van der Waals surface area contributed by atoms with Crippen molar-refractivity contribution in [3.8, 4) is 6.01 Å². The molecule has 0 spiro atoms. The van der Waals surface area contributed by atoms with Crippen LogP contribution in [0.1, 0.15) is 25.7 Å². The van der Waals surface area contributed by atoms with Crippen LogP contribution in [0.4, 0.5) is 0 Å². The third-order valence-electron chi connectivity index (χ3n) is 2.71. The van der Waals surface area contributed by atoms with Crippen molar-refractivity contribution in [2.75, 3.05) is 13.2 Å². The summed E-state index contributed by atoms with van der Waals surface area (Å²) in [6.45, 7) is 1.78. The number of hydrogen-bond acceptors (Lipinski definition) is 4. The molecular weight excluding hydrogens is 226 g/mol. The standard InChI is InChI=1S/C11H16ClN3O/c12-9-7-14-11(15-8-9)16-6-4-10-3-1-2-5-13-10/h7-8,10,13H,1-6H2/t10-/m0/s1. The zero-order valence-corrected chi connectivity index (χ0v) is 9.91. The van der Waals surface area contributed by atoms with E-state index in [1.165, 1.54) is 19.3 Å².